The standard InChI is InChI=1S/C27H29N7O4/c1-36-22-10-9-17(13-23(22)37-2)19-14-30-25-24(31-19)26(33-27(28)32-25)34-12-6-11-29-15-20(34)21(35)16-38-18-7-4-3-5-8-18/h3-5,7-10,13-14,20,29H,6,11-12,15-16H2,1-2H3,(H2,28,30,32,33). The van der Waals surface area contributed by atoms with E-state index in [4.69, 9.17) is 24.9 Å². The highest BCUT2D eigenvalue weighted by molar-refractivity contribution is 5.92. The summed E-state index contributed by atoms with van der Waals surface area (Å²) in [5.41, 5.74) is 8.25. The van der Waals surface area contributed by atoms with Crippen LogP contribution in [0.4, 0.5) is 11.8 Å². The number of aromatic nitrogens is 4. The maximum absolute atomic E-state index is 13.4. The van der Waals surface area contributed by atoms with Crippen LogP contribution in [-0.4, -0.2) is 72.2 Å². The Morgan fingerprint density at radius 1 is 1.08 bits per heavy atom. The number of carbonyl (C=O) groups excluding carboxylic acids is 1. The summed E-state index contributed by atoms with van der Waals surface area (Å²) in [5.74, 6) is 2.25. The molecule has 2 aromatic carbocycles. The fraction of sp³-hybridized carbons (Fsp3) is 0.296. The Morgan fingerprint density at radius 3 is 2.68 bits per heavy atom. The quantitative estimate of drug-likeness (QED) is 0.358. The monoisotopic (exact) mass is 515 g/mol. The minimum absolute atomic E-state index is 0.0598. The Balaban J connectivity index is 1.52. The minimum atomic E-state index is -0.537. The van der Waals surface area contributed by atoms with Crippen molar-refractivity contribution in [3.63, 3.8) is 0 Å². The molecule has 1 aliphatic rings. The van der Waals surface area contributed by atoms with E-state index in [1.54, 1.807) is 20.4 Å². The zero-order chi connectivity index (χ0) is 26.5. The summed E-state index contributed by atoms with van der Waals surface area (Å²) in [6, 6.07) is 14.2. The summed E-state index contributed by atoms with van der Waals surface area (Å²) in [4.78, 5) is 33.6. The Kier molecular flexibility index (Phi) is 7.45. The average Bonchev–Trinajstić information content (AvgIpc) is 3.21. The lowest BCUT2D eigenvalue weighted by Gasteiger charge is -2.30. The second kappa shape index (κ2) is 11.3. The van der Waals surface area contributed by atoms with Crippen LogP contribution in [0.2, 0.25) is 0 Å². The van der Waals surface area contributed by atoms with E-state index in [0.717, 1.165) is 18.5 Å². The molecular weight excluding hydrogens is 486 g/mol. The maximum atomic E-state index is 13.4. The number of rotatable bonds is 8. The molecule has 4 aromatic rings. The van der Waals surface area contributed by atoms with Crippen molar-refractivity contribution in [1.29, 1.82) is 0 Å². The van der Waals surface area contributed by atoms with Crippen molar-refractivity contribution in [3.8, 4) is 28.5 Å². The first kappa shape index (κ1) is 25.2. The van der Waals surface area contributed by atoms with Crippen molar-refractivity contribution in [1.82, 2.24) is 25.3 Å². The Morgan fingerprint density at radius 2 is 1.89 bits per heavy atom. The number of Topliss-reactive ketones (excluding diaryl/α,β-unsaturated/α-hetero) is 1. The van der Waals surface area contributed by atoms with Gasteiger partial charge in [-0.15, -0.1) is 0 Å². The number of hydrogen-bond acceptors (Lipinski definition) is 11. The molecule has 11 heteroatoms. The molecule has 3 heterocycles. The molecule has 0 aliphatic carbocycles. The van der Waals surface area contributed by atoms with Gasteiger partial charge < -0.3 is 30.2 Å². The summed E-state index contributed by atoms with van der Waals surface area (Å²) >= 11 is 0. The third kappa shape index (κ3) is 5.28. The summed E-state index contributed by atoms with van der Waals surface area (Å²) in [7, 11) is 3.16. The van der Waals surface area contributed by atoms with Crippen molar-refractivity contribution in [2.24, 2.45) is 0 Å². The number of para-hydroxylation sites is 1. The highest BCUT2D eigenvalue weighted by Crippen LogP contribution is 2.33. The molecule has 196 valence electrons. The maximum Gasteiger partial charge on any atom is 0.224 e. The second-order valence-electron chi connectivity index (χ2n) is 8.74. The molecule has 11 nitrogen and oxygen atoms in total. The highest BCUT2D eigenvalue weighted by atomic mass is 16.5. The van der Waals surface area contributed by atoms with Crippen molar-refractivity contribution >= 4 is 28.7 Å². The minimum Gasteiger partial charge on any atom is -0.493 e. The number of benzene rings is 2. The van der Waals surface area contributed by atoms with Gasteiger partial charge in [0.15, 0.2) is 34.3 Å². The van der Waals surface area contributed by atoms with Gasteiger partial charge in [0.1, 0.15) is 18.4 Å². The summed E-state index contributed by atoms with van der Waals surface area (Å²) in [6.07, 6.45) is 2.43. The Labute approximate surface area is 220 Å². The normalized spacial score (nSPS) is 15.6. The van der Waals surface area contributed by atoms with E-state index in [0.29, 0.717) is 53.0 Å². The number of nitrogens with two attached hydrogens (primary N) is 1. The van der Waals surface area contributed by atoms with Crippen LogP contribution >= 0.6 is 0 Å². The fourth-order valence-electron chi connectivity index (χ4n) is 4.43. The average molecular weight is 516 g/mol. The van der Waals surface area contributed by atoms with Crippen LogP contribution in [0.3, 0.4) is 0 Å². The molecule has 1 atom stereocenters. The van der Waals surface area contributed by atoms with Gasteiger partial charge in [-0.05, 0) is 43.3 Å². The smallest absolute Gasteiger partial charge is 0.224 e. The number of anilines is 2. The van der Waals surface area contributed by atoms with E-state index in [1.807, 2.05) is 53.4 Å². The Hall–Kier alpha value is -4.51. The molecule has 1 unspecified atom stereocenters. The lowest BCUT2D eigenvalue weighted by Crippen LogP contribution is -2.48. The van der Waals surface area contributed by atoms with Gasteiger partial charge in [-0.3, -0.25) is 4.79 Å². The number of nitrogen functional groups attached to an aromatic ring is 1. The first-order chi connectivity index (χ1) is 18.6. The Bertz CT molecular complexity index is 1430. The first-order valence-electron chi connectivity index (χ1n) is 12.3. The van der Waals surface area contributed by atoms with Crippen molar-refractivity contribution < 1.29 is 19.0 Å². The predicted octanol–water partition coefficient (Wildman–Crippen LogP) is 2.50. The molecule has 2 aromatic heterocycles. The van der Waals surface area contributed by atoms with Gasteiger partial charge in [-0.25, -0.2) is 9.97 Å². The molecule has 38 heavy (non-hydrogen) atoms. The lowest BCUT2D eigenvalue weighted by molar-refractivity contribution is -0.122. The van der Waals surface area contributed by atoms with E-state index in [2.05, 4.69) is 20.3 Å². The molecule has 1 aliphatic heterocycles. The van der Waals surface area contributed by atoms with Crippen LogP contribution in [0.15, 0.2) is 54.7 Å². The van der Waals surface area contributed by atoms with Crippen molar-refractivity contribution in [3.05, 3.63) is 54.7 Å². The zero-order valence-electron chi connectivity index (χ0n) is 21.3. The molecule has 0 bridgehead atoms. The third-order valence-corrected chi connectivity index (χ3v) is 6.32. The van der Waals surface area contributed by atoms with E-state index < -0.39 is 6.04 Å². The van der Waals surface area contributed by atoms with E-state index in [9.17, 15) is 4.79 Å². The fourth-order valence-corrected chi connectivity index (χ4v) is 4.43. The number of nitrogens with one attached hydrogen (secondary N) is 1. The largest absolute Gasteiger partial charge is 0.493 e. The number of methoxy groups -OCH3 is 2. The van der Waals surface area contributed by atoms with Crippen molar-refractivity contribution in [2.45, 2.75) is 12.5 Å². The van der Waals surface area contributed by atoms with Gasteiger partial charge in [0.25, 0.3) is 0 Å². The van der Waals surface area contributed by atoms with E-state index in [-0.39, 0.29) is 18.3 Å². The van der Waals surface area contributed by atoms with E-state index in [1.165, 1.54) is 0 Å². The molecule has 0 saturated carbocycles. The number of hydrogen-bond donors (Lipinski definition) is 2. The highest BCUT2D eigenvalue weighted by Gasteiger charge is 2.31. The molecule has 0 amide bonds. The van der Waals surface area contributed by atoms with Gasteiger partial charge >= 0.3 is 0 Å². The molecular formula is C27H29N7O4. The number of nitrogens with zero attached hydrogens (tertiary/aromatic N) is 5. The van der Waals surface area contributed by atoms with Crippen LogP contribution in [0, 0.1) is 0 Å². The third-order valence-electron chi connectivity index (χ3n) is 6.32. The van der Waals surface area contributed by atoms with Crippen LogP contribution in [0.5, 0.6) is 17.2 Å². The molecule has 1 fully saturated rings. The summed E-state index contributed by atoms with van der Waals surface area (Å²) in [5, 5.41) is 3.35. The van der Waals surface area contributed by atoms with E-state index >= 15 is 0 Å². The van der Waals surface area contributed by atoms with Crippen LogP contribution < -0.4 is 30.2 Å². The molecule has 0 radical (unpaired) electrons. The summed E-state index contributed by atoms with van der Waals surface area (Å²) < 4.78 is 16.6. The zero-order valence-corrected chi connectivity index (χ0v) is 21.3. The number of fused-ring (bicyclic) bond motifs is 1. The summed E-state index contributed by atoms with van der Waals surface area (Å²) in [6.45, 7) is 1.70. The molecule has 0 spiro atoms. The van der Waals surface area contributed by atoms with Gasteiger partial charge in [-0.2, -0.15) is 9.97 Å². The topological polar surface area (TPSA) is 138 Å². The molecule has 5 rings (SSSR count). The van der Waals surface area contributed by atoms with Gasteiger partial charge in [0, 0.05) is 18.7 Å². The molecule has 1 saturated heterocycles. The van der Waals surface area contributed by atoms with Crippen LogP contribution in [0.25, 0.3) is 22.4 Å². The van der Waals surface area contributed by atoms with Gasteiger partial charge in [-0.1, -0.05) is 18.2 Å². The van der Waals surface area contributed by atoms with Gasteiger partial charge in [0.05, 0.1) is 26.1 Å². The van der Waals surface area contributed by atoms with Crippen LogP contribution in [0.1, 0.15) is 6.42 Å². The predicted molar refractivity (Wildman–Crippen MR) is 144 cm³/mol. The number of carbonyl (C=O) groups is 1. The first-order valence-corrected chi connectivity index (χ1v) is 12.3. The van der Waals surface area contributed by atoms with Crippen molar-refractivity contribution in [2.75, 3.05) is 51.1 Å². The number of ketones is 1. The van der Waals surface area contributed by atoms with Crippen LogP contribution in [-0.2, 0) is 4.79 Å². The lowest BCUT2D eigenvalue weighted by atomic mass is 10.1. The second-order valence-corrected chi connectivity index (χ2v) is 8.74. The van der Waals surface area contributed by atoms with Gasteiger partial charge in [0.2, 0.25) is 5.95 Å². The molecule has 3 N–H and O–H groups in total. The number of ether oxygens (including phenoxy) is 3. The SMILES string of the molecule is COc1ccc(-c2cnc3nc(N)nc(N4CCCNCC4C(=O)COc4ccccc4)c3n2)cc1OC.